The molecule has 0 aliphatic rings. The van der Waals surface area contributed by atoms with Gasteiger partial charge in [0.25, 0.3) is 0 Å². The van der Waals surface area contributed by atoms with Crippen LogP contribution in [0.25, 0.3) is 0 Å². The van der Waals surface area contributed by atoms with E-state index in [-0.39, 0.29) is 5.91 Å². The molecule has 0 rings (SSSR count). The van der Waals surface area contributed by atoms with Crippen molar-refractivity contribution in [2.45, 2.75) is 284 Å². The molecule has 5 heteroatoms. The summed E-state index contributed by atoms with van der Waals surface area (Å²) in [5.41, 5.74) is 5.13. The molecule has 5 nitrogen and oxygen atoms in total. The van der Waals surface area contributed by atoms with Crippen LogP contribution in [0.15, 0.2) is 0 Å². The van der Waals surface area contributed by atoms with Crippen LogP contribution in [0.2, 0.25) is 0 Å². The average Bonchev–Trinajstić information content (AvgIpc) is 3.14. The highest BCUT2D eigenvalue weighted by Crippen LogP contribution is 2.16. The Balaban J connectivity index is -0.000000835. The smallest absolute Gasteiger partial charge is 0.303 e. The molecule has 0 aromatic heterocycles. The maximum absolute atomic E-state index is 10.6. The van der Waals surface area contributed by atoms with E-state index >= 15 is 0 Å². The standard InChI is InChI=1S/C22H45NO.C22H44O2.C5H13N/c2*1-2-3-4-5-6-7-8-9-10-11-12-13-14-15-16-17-18-19-20-21-22(23)24;1-4-5-6(2)3/h2-21H2,1H3,(H2,23,24);2-21H2,1H3,(H,23,24);4-5H2,1-3H3. The lowest BCUT2D eigenvalue weighted by atomic mass is 10.0. The lowest BCUT2D eigenvalue weighted by Gasteiger charge is -2.03. The second-order valence-electron chi connectivity index (χ2n) is 16.9. The summed E-state index contributed by atoms with van der Waals surface area (Å²) < 4.78 is 0. The van der Waals surface area contributed by atoms with E-state index in [1.54, 1.807) is 0 Å². The molecular formula is C49H102N2O3. The molecule has 0 bridgehead atoms. The maximum atomic E-state index is 10.6. The van der Waals surface area contributed by atoms with Crippen LogP contribution >= 0.6 is 0 Å². The molecule has 0 aliphatic carbocycles. The summed E-state index contributed by atoms with van der Waals surface area (Å²) in [5, 5.41) is 8.56. The fraction of sp³-hybridized carbons (Fsp3) is 0.959. The third-order valence-electron chi connectivity index (χ3n) is 10.7. The molecule has 0 saturated carbocycles. The molecule has 54 heavy (non-hydrogen) atoms. The van der Waals surface area contributed by atoms with Crippen LogP contribution in [0.4, 0.5) is 0 Å². The van der Waals surface area contributed by atoms with E-state index in [4.69, 9.17) is 10.8 Å². The molecule has 0 saturated heterocycles. The van der Waals surface area contributed by atoms with Gasteiger partial charge >= 0.3 is 5.97 Å². The Labute approximate surface area is 340 Å². The summed E-state index contributed by atoms with van der Waals surface area (Å²) in [6, 6.07) is 0. The van der Waals surface area contributed by atoms with Crippen molar-refractivity contribution >= 4 is 11.9 Å². The first-order valence-electron chi connectivity index (χ1n) is 24.5. The Kier molecular flexibility index (Phi) is 57.2. The van der Waals surface area contributed by atoms with Crippen molar-refractivity contribution in [2.75, 3.05) is 20.6 Å². The number of carboxylic acid groups (broad SMARTS) is 1. The summed E-state index contributed by atoms with van der Waals surface area (Å²) in [7, 11) is 4.17. The highest BCUT2D eigenvalue weighted by Gasteiger charge is 1.99. The molecule has 1 amide bonds. The number of nitrogens with zero attached hydrogens (tertiary/aromatic N) is 1. The van der Waals surface area contributed by atoms with Gasteiger partial charge in [0.05, 0.1) is 0 Å². The van der Waals surface area contributed by atoms with Gasteiger partial charge in [-0.15, -0.1) is 0 Å². The highest BCUT2D eigenvalue weighted by atomic mass is 16.4. The highest BCUT2D eigenvalue weighted by molar-refractivity contribution is 5.73. The minimum Gasteiger partial charge on any atom is -0.481 e. The Bertz CT molecular complexity index is 632. The number of hydrogen-bond donors (Lipinski definition) is 2. The molecule has 0 aliphatic heterocycles. The molecule has 3 N–H and O–H groups in total. The summed E-state index contributed by atoms with van der Waals surface area (Å²) >= 11 is 0. The molecule has 326 valence electrons. The topological polar surface area (TPSA) is 83.6 Å². The van der Waals surface area contributed by atoms with E-state index in [9.17, 15) is 9.59 Å². The van der Waals surface area contributed by atoms with Gasteiger partial charge in [0.15, 0.2) is 0 Å². The summed E-state index contributed by atoms with van der Waals surface area (Å²) in [4.78, 5) is 23.2. The quantitative estimate of drug-likeness (QED) is 0.0606. The molecule has 0 heterocycles. The molecule has 0 unspecified atom stereocenters. The number of carboxylic acids is 1. The van der Waals surface area contributed by atoms with Gasteiger partial charge in [-0.1, -0.05) is 252 Å². The van der Waals surface area contributed by atoms with Crippen molar-refractivity contribution in [3.8, 4) is 0 Å². The molecule has 0 aromatic carbocycles. The molecule has 0 atom stereocenters. The van der Waals surface area contributed by atoms with E-state index in [1.807, 2.05) is 0 Å². The first-order chi connectivity index (χ1) is 26.3. The van der Waals surface area contributed by atoms with Crippen LogP contribution in [0.1, 0.15) is 284 Å². The van der Waals surface area contributed by atoms with Gasteiger partial charge in [-0.3, -0.25) is 9.59 Å². The van der Waals surface area contributed by atoms with Crippen LogP contribution < -0.4 is 5.73 Å². The van der Waals surface area contributed by atoms with E-state index < -0.39 is 5.97 Å². The maximum Gasteiger partial charge on any atom is 0.303 e. The Morgan fingerprint density at radius 2 is 0.556 bits per heavy atom. The Morgan fingerprint density at radius 1 is 0.352 bits per heavy atom. The zero-order valence-corrected chi connectivity index (χ0v) is 38.0. The van der Waals surface area contributed by atoms with Crippen molar-refractivity contribution in [3.05, 3.63) is 0 Å². The minimum absolute atomic E-state index is 0.151. The Morgan fingerprint density at radius 3 is 0.704 bits per heavy atom. The minimum atomic E-state index is -0.651. The number of amides is 1. The number of nitrogens with two attached hydrogens (primary N) is 1. The fourth-order valence-electron chi connectivity index (χ4n) is 7.18. The molecule has 0 aromatic rings. The van der Waals surface area contributed by atoms with Gasteiger partial charge in [0.2, 0.25) is 5.91 Å². The van der Waals surface area contributed by atoms with Gasteiger partial charge < -0.3 is 15.7 Å². The lowest BCUT2D eigenvalue weighted by Crippen LogP contribution is -2.11. The first kappa shape index (κ1) is 57.2. The fourth-order valence-corrected chi connectivity index (χ4v) is 7.18. The summed E-state index contributed by atoms with van der Waals surface area (Å²) in [6.45, 7) is 7.96. The van der Waals surface area contributed by atoms with Crippen molar-refractivity contribution < 1.29 is 14.7 Å². The number of carbonyl (C=O) groups excluding carboxylic acids is 1. The number of carbonyl (C=O) groups is 2. The van der Waals surface area contributed by atoms with E-state index in [2.05, 4.69) is 39.8 Å². The number of primary amides is 1. The SMILES string of the molecule is CCCCCCCCCCCCCCCCCCCCCC(=O)O.CCCCCCCCCCCCCCCCCCCCCC(N)=O.CCCN(C)C. The monoisotopic (exact) mass is 767 g/mol. The predicted molar refractivity (Wildman–Crippen MR) is 242 cm³/mol. The van der Waals surface area contributed by atoms with Crippen LogP contribution in [-0.2, 0) is 9.59 Å². The number of unbranched alkanes of at least 4 members (excludes halogenated alkanes) is 36. The first-order valence-corrected chi connectivity index (χ1v) is 24.5. The van der Waals surface area contributed by atoms with Crippen LogP contribution in [-0.4, -0.2) is 42.5 Å². The Hall–Kier alpha value is -1.10. The van der Waals surface area contributed by atoms with E-state index in [0.29, 0.717) is 12.8 Å². The van der Waals surface area contributed by atoms with Crippen LogP contribution in [0.3, 0.4) is 0 Å². The largest absolute Gasteiger partial charge is 0.481 e. The lowest BCUT2D eigenvalue weighted by molar-refractivity contribution is -0.137. The summed E-state index contributed by atoms with van der Waals surface area (Å²) in [5.74, 6) is -0.802. The number of rotatable bonds is 42. The van der Waals surface area contributed by atoms with Crippen molar-refractivity contribution in [3.63, 3.8) is 0 Å². The molecule has 0 fully saturated rings. The van der Waals surface area contributed by atoms with Crippen molar-refractivity contribution in [2.24, 2.45) is 5.73 Å². The summed E-state index contributed by atoms with van der Waals surface area (Å²) in [6.07, 6.45) is 54.2. The van der Waals surface area contributed by atoms with Crippen molar-refractivity contribution in [1.82, 2.24) is 4.90 Å². The zero-order chi connectivity index (χ0) is 40.4. The van der Waals surface area contributed by atoms with Crippen LogP contribution in [0.5, 0.6) is 0 Å². The number of aliphatic carboxylic acids is 1. The van der Waals surface area contributed by atoms with E-state index in [1.165, 1.54) is 238 Å². The second kappa shape index (κ2) is 54.0. The second-order valence-corrected chi connectivity index (χ2v) is 16.9. The van der Waals surface area contributed by atoms with Gasteiger partial charge in [-0.25, -0.2) is 0 Å². The van der Waals surface area contributed by atoms with Gasteiger partial charge in [-0.05, 0) is 39.9 Å². The number of hydrogen-bond acceptors (Lipinski definition) is 3. The average molecular weight is 767 g/mol. The predicted octanol–water partition coefficient (Wildman–Crippen LogP) is 16.1. The zero-order valence-electron chi connectivity index (χ0n) is 38.0. The van der Waals surface area contributed by atoms with Crippen LogP contribution in [0, 0.1) is 0 Å². The van der Waals surface area contributed by atoms with E-state index in [0.717, 1.165) is 19.3 Å². The molecule has 0 radical (unpaired) electrons. The third kappa shape index (κ3) is 65.8. The molecule has 0 spiro atoms. The van der Waals surface area contributed by atoms with Gasteiger partial charge in [0.1, 0.15) is 0 Å². The van der Waals surface area contributed by atoms with Crippen molar-refractivity contribution in [1.29, 1.82) is 0 Å². The molecular weight excluding hydrogens is 665 g/mol. The van der Waals surface area contributed by atoms with Gasteiger partial charge in [-0.2, -0.15) is 0 Å². The third-order valence-corrected chi connectivity index (χ3v) is 10.7. The van der Waals surface area contributed by atoms with Gasteiger partial charge in [0, 0.05) is 12.8 Å². The normalized spacial score (nSPS) is 10.9.